The molecule has 0 fully saturated rings. The molecule has 4 heterocycles. The van der Waals surface area contributed by atoms with Crippen molar-refractivity contribution in [3.8, 4) is 56.7 Å². The van der Waals surface area contributed by atoms with Crippen LogP contribution < -0.4 is 0 Å². The quantitative estimate of drug-likeness (QED) is 0.167. The Morgan fingerprint density at radius 1 is 0.313 bits per heavy atom. The number of furan rings is 1. The molecule has 0 aliphatic carbocycles. The number of nitrogens with zero attached hydrogens (tertiary/aromatic N) is 5. The zero-order valence-corrected chi connectivity index (χ0v) is 36.0. The second-order valence-electron chi connectivity index (χ2n) is 17.2. The molecule has 0 saturated carbocycles. The van der Waals surface area contributed by atoms with Gasteiger partial charge >= 0.3 is 0 Å². The normalized spacial score (nSPS) is 11.9. The molecule has 312 valence electrons. The summed E-state index contributed by atoms with van der Waals surface area (Å²) in [6, 6.07) is 79.0. The first-order valence-corrected chi connectivity index (χ1v) is 22.6. The molecule has 14 aromatic rings. The molecule has 0 bridgehead atoms. The molecular formula is C61H37N5O. The molecule has 0 amide bonds. The Morgan fingerprint density at radius 3 is 1.58 bits per heavy atom. The van der Waals surface area contributed by atoms with E-state index in [2.05, 4.69) is 221 Å². The average Bonchev–Trinajstić information content (AvgIpc) is 4.07. The number of para-hydroxylation sites is 2. The Kier molecular flexibility index (Phi) is 8.18. The number of rotatable bonds is 6. The molecule has 0 atom stereocenters. The minimum Gasteiger partial charge on any atom is -0.452 e. The highest BCUT2D eigenvalue weighted by Crippen LogP contribution is 2.45. The Labute approximate surface area is 384 Å². The van der Waals surface area contributed by atoms with Crippen LogP contribution in [-0.4, -0.2) is 24.1 Å². The zero-order chi connectivity index (χ0) is 44.0. The van der Waals surface area contributed by atoms with Crippen molar-refractivity contribution in [3.05, 3.63) is 224 Å². The van der Waals surface area contributed by atoms with Crippen LogP contribution in [-0.2, 0) is 0 Å². The monoisotopic (exact) mass is 855 g/mol. The van der Waals surface area contributed by atoms with Crippen LogP contribution in [0.4, 0.5) is 0 Å². The van der Waals surface area contributed by atoms with Gasteiger partial charge < -0.3 is 8.98 Å². The predicted molar refractivity (Wildman–Crippen MR) is 275 cm³/mol. The second kappa shape index (κ2) is 14.7. The summed E-state index contributed by atoms with van der Waals surface area (Å²) in [6.07, 6.45) is 0. The Hall–Kier alpha value is -9.13. The molecule has 14 rings (SSSR count). The van der Waals surface area contributed by atoms with Gasteiger partial charge in [0.1, 0.15) is 5.52 Å². The van der Waals surface area contributed by atoms with Crippen molar-refractivity contribution >= 4 is 76.3 Å². The summed E-state index contributed by atoms with van der Waals surface area (Å²) < 4.78 is 12.0. The van der Waals surface area contributed by atoms with Crippen LogP contribution in [0.1, 0.15) is 0 Å². The summed E-state index contributed by atoms with van der Waals surface area (Å²) in [6.45, 7) is 0. The van der Waals surface area contributed by atoms with E-state index in [0.717, 1.165) is 99.2 Å². The molecule has 4 aromatic heterocycles. The lowest BCUT2D eigenvalue weighted by molar-refractivity contribution is 0.673. The zero-order valence-electron chi connectivity index (χ0n) is 36.0. The van der Waals surface area contributed by atoms with E-state index >= 15 is 0 Å². The van der Waals surface area contributed by atoms with E-state index in [1.165, 1.54) is 16.2 Å². The average molecular weight is 856 g/mol. The molecule has 0 radical (unpaired) electrons. The summed E-state index contributed by atoms with van der Waals surface area (Å²) in [5.74, 6) is 1.65. The smallest absolute Gasteiger partial charge is 0.238 e. The fourth-order valence-electron chi connectivity index (χ4n) is 10.3. The lowest BCUT2D eigenvalue weighted by Crippen LogP contribution is -2.07. The highest BCUT2D eigenvalue weighted by atomic mass is 16.3. The molecule has 0 saturated heterocycles. The Morgan fingerprint density at radius 2 is 0.851 bits per heavy atom. The molecule has 0 N–H and O–H groups in total. The number of hydrogen-bond acceptors (Lipinski definition) is 4. The molecule has 6 nitrogen and oxygen atoms in total. The minimum atomic E-state index is 0.502. The van der Waals surface area contributed by atoms with E-state index in [1.54, 1.807) is 0 Å². The highest BCUT2D eigenvalue weighted by Gasteiger charge is 2.25. The summed E-state index contributed by atoms with van der Waals surface area (Å²) in [4.78, 5) is 16.2. The van der Waals surface area contributed by atoms with Crippen molar-refractivity contribution in [2.45, 2.75) is 0 Å². The molecule has 10 aromatic carbocycles. The summed E-state index contributed by atoms with van der Waals surface area (Å²) >= 11 is 0. The SMILES string of the molecule is c1ccc(-c2cccc(-c3nc(-c4ccccc4-c4ccccc4)nc(-n4c5ccccc5c5ccc6c7ccc8c9ccccc9n(-c9ccc%10ccccc%10c9)c8c7oc6c54)n3)c2)cc1. The van der Waals surface area contributed by atoms with Crippen molar-refractivity contribution in [1.29, 1.82) is 0 Å². The first-order valence-electron chi connectivity index (χ1n) is 22.6. The fraction of sp³-hybridized carbons (Fsp3) is 0. The number of fused-ring (bicyclic) bond motifs is 12. The van der Waals surface area contributed by atoms with Gasteiger partial charge in [0.25, 0.3) is 0 Å². The molecule has 0 unspecified atom stereocenters. The Bertz CT molecular complexity index is 4280. The van der Waals surface area contributed by atoms with Gasteiger partial charge in [0, 0.05) is 49.1 Å². The van der Waals surface area contributed by atoms with Crippen molar-refractivity contribution in [3.63, 3.8) is 0 Å². The number of aromatic nitrogens is 5. The third-order valence-corrected chi connectivity index (χ3v) is 13.4. The summed E-state index contributed by atoms with van der Waals surface area (Å²) in [5, 5.41) is 8.87. The van der Waals surface area contributed by atoms with Gasteiger partial charge in [-0.1, -0.05) is 182 Å². The molecule has 0 aliphatic heterocycles. The van der Waals surface area contributed by atoms with Crippen molar-refractivity contribution in [2.24, 2.45) is 0 Å². The maximum atomic E-state index is 7.41. The maximum Gasteiger partial charge on any atom is 0.238 e. The molecule has 0 spiro atoms. The van der Waals surface area contributed by atoms with E-state index in [4.69, 9.17) is 19.4 Å². The first-order chi connectivity index (χ1) is 33.2. The first kappa shape index (κ1) is 37.3. The van der Waals surface area contributed by atoms with Crippen LogP contribution in [0, 0.1) is 0 Å². The highest BCUT2D eigenvalue weighted by molar-refractivity contribution is 6.26. The van der Waals surface area contributed by atoms with Crippen LogP contribution in [0.15, 0.2) is 229 Å². The third-order valence-electron chi connectivity index (χ3n) is 13.4. The van der Waals surface area contributed by atoms with Crippen LogP contribution in [0.3, 0.4) is 0 Å². The largest absolute Gasteiger partial charge is 0.452 e. The predicted octanol–water partition coefficient (Wildman–Crippen LogP) is 15.8. The van der Waals surface area contributed by atoms with Gasteiger partial charge in [-0.05, 0) is 75.5 Å². The fourth-order valence-corrected chi connectivity index (χ4v) is 10.3. The van der Waals surface area contributed by atoms with E-state index in [9.17, 15) is 0 Å². The molecule has 67 heavy (non-hydrogen) atoms. The van der Waals surface area contributed by atoms with Gasteiger partial charge in [-0.3, -0.25) is 4.57 Å². The van der Waals surface area contributed by atoms with Crippen molar-refractivity contribution in [2.75, 3.05) is 0 Å². The third kappa shape index (κ3) is 5.80. The topological polar surface area (TPSA) is 61.7 Å². The standard InChI is InChI=1S/C61H37N5O/c1-3-16-38(17-4-1)41-22-15-23-43(36-41)59-62-60(52-27-10-9-24-45(52)40-19-5-2-6-20-40)64-61(63-59)66-54-29-14-12-26-47(54)49-33-35-51-50-34-32-48-46-25-11-13-28-53(46)65(55(48)57(50)67-58(51)56(49)66)44-31-30-39-18-7-8-21-42(39)37-44/h1-37H. The lowest BCUT2D eigenvalue weighted by atomic mass is 9.99. The summed E-state index contributed by atoms with van der Waals surface area (Å²) in [5.41, 5.74) is 12.8. The minimum absolute atomic E-state index is 0.502. The maximum absolute atomic E-state index is 7.41. The van der Waals surface area contributed by atoms with Gasteiger partial charge in [-0.15, -0.1) is 0 Å². The van der Waals surface area contributed by atoms with Crippen molar-refractivity contribution < 1.29 is 4.42 Å². The number of hydrogen-bond donors (Lipinski definition) is 0. The van der Waals surface area contributed by atoms with Gasteiger partial charge in [-0.2, -0.15) is 9.97 Å². The van der Waals surface area contributed by atoms with Crippen LogP contribution in [0.5, 0.6) is 0 Å². The van der Waals surface area contributed by atoms with Gasteiger partial charge in [0.05, 0.1) is 16.6 Å². The van der Waals surface area contributed by atoms with Crippen LogP contribution >= 0.6 is 0 Å². The Balaban J connectivity index is 1.07. The van der Waals surface area contributed by atoms with E-state index in [-0.39, 0.29) is 0 Å². The molecular weight excluding hydrogens is 819 g/mol. The van der Waals surface area contributed by atoms with Crippen LogP contribution in [0.25, 0.3) is 133 Å². The lowest BCUT2D eigenvalue weighted by Gasteiger charge is -2.14. The molecule has 0 aliphatic rings. The van der Waals surface area contributed by atoms with Gasteiger partial charge in [0.15, 0.2) is 22.8 Å². The molecule has 6 heteroatoms. The van der Waals surface area contributed by atoms with Gasteiger partial charge in [-0.25, -0.2) is 4.98 Å². The summed E-state index contributed by atoms with van der Waals surface area (Å²) in [7, 11) is 0. The second-order valence-corrected chi connectivity index (χ2v) is 17.2. The van der Waals surface area contributed by atoms with Crippen molar-refractivity contribution in [1.82, 2.24) is 24.1 Å². The van der Waals surface area contributed by atoms with Gasteiger partial charge in [0.2, 0.25) is 5.95 Å². The number of benzene rings is 10. The van der Waals surface area contributed by atoms with E-state index < -0.39 is 0 Å². The van der Waals surface area contributed by atoms with Crippen LogP contribution in [0.2, 0.25) is 0 Å². The van der Waals surface area contributed by atoms with E-state index in [0.29, 0.717) is 17.6 Å². The van der Waals surface area contributed by atoms with E-state index in [1.807, 2.05) is 12.1 Å².